The fraction of sp³-hybridized carbons (Fsp3) is 0.133. The molecule has 2 aromatic carbocycles. The van der Waals surface area contributed by atoms with E-state index in [-0.39, 0.29) is 11.5 Å². The minimum atomic E-state index is -0.440. The van der Waals surface area contributed by atoms with Gasteiger partial charge in [0, 0.05) is 14.6 Å². The molecule has 2 nitrogen and oxygen atoms in total. The molecule has 2 rings (SSSR count). The van der Waals surface area contributed by atoms with Gasteiger partial charge in [0.2, 0.25) is 0 Å². The summed E-state index contributed by atoms with van der Waals surface area (Å²) in [7, 11) is 0. The van der Waals surface area contributed by atoms with E-state index in [1.54, 1.807) is 0 Å². The molecule has 0 radical (unpaired) electrons. The van der Waals surface area contributed by atoms with Gasteiger partial charge in [-0.1, -0.05) is 22.9 Å². The number of amides is 1. The van der Waals surface area contributed by atoms with Crippen LogP contribution in [-0.4, -0.2) is 5.91 Å². The molecule has 0 aliphatic heterocycles. The number of nitrogens with one attached hydrogen (secondary N) is 1. The quantitative estimate of drug-likeness (QED) is 0.756. The molecule has 0 fully saturated rings. The molecule has 0 saturated carbocycles. The molecule has 20 heavy (non-hydrogen) atoms. The van der Waals surface area contributed by atoms with E-state index in [9.17, 15) is 9.18 Å². The van der Waals surface area contributed by atoms with Gasteiger partial charge in [-0.25, -0.2) is 4.39 Å². The molecule has 0 aromatic heterocycles. The molecule has 0 aliphatic carbocycles. The van der Waals surface area contributed by atoms with Crippen molar-refractivity contribution in [3.8, 4) is 0 Å². The Bertz CT molecular complexity index is 658. The summed E-state index contributed by atoms with van der Waals surface area (Å²) in [5, 5.41) is 2.82. The number of anilines is 1. The van der Waals surface area contributed by atoms with Gasteiger partial charge in [-0.3, -0.25) is 4.79 Å². The summed E-state index contributed by atoms with van der Waals surface area (Å²) in [6.45, 7) is 2.01. The van der Waals surface area contributed by atoms with Gasteiger partial charge in [0.25, 0.3) is 5.91 Å². The lowest BCUT2D eigenvalue weighted by Crippen LogP contribution is -2.14. The molecule has 0 atom stereocenters. The van der Waals surface area contributed by atoms with Gasteiger partial charge < -0.3 is 5.32 Å². The van der Waals surface area contributed by atoms with Gasteiger partial charge in [0.1, 0.15) is 5.82 Å². The maximum atomic E-state index is 13.2. The van der Waals surface area contributed by atoms with E-state index in [4.69, 9.17) is 0 Å². The fourth-order valence-corrected chi connectivity index (χ4v) is 2.67. The molecule has 1 N–H and O–H groups in total. The molecule has 0 saturated heterocycles. The van der Waals surface area contributed by atoms with Gasteiger partial charge in [0.15, 0.2) is 0 Å². The van der Waals surface area contributed by atoms with Crippen LogP contribution in [-0.2, 0) is 6.42 Å². The molecular weight excluding hydrogens is 389 g/mol. The van der Waals surface area contributed by atoms with Gasteiger partial charge in [-0.05, 0) is 64.3 Å². The number of hydrogen-bond acceptors (Lipinski definition) is 1. The molecule has 2 aromatic rings. The standard InChI is InChI=1S/C15H12Br2FNO/c1-2-9-7-10(16)3-6-14(9)19-15(20)12-8-11(18)4-5-13(12)17/h3-8H,2H2,1H3,(H,19,20). The highest BCUT2D eigenvalue weighted by Gasteiger charge is 2.13. The first kappa shape index (κ1) is 15.2. The van der Waals surface area contributed by atoms with Crippen molar-refractivity contribution < 1.29 is 9.18 Å². The Morgan fingerprint density at radius 1 is 1.20 bits per heavy atom. The first-order valence-electron chi connectivity index (χ1n) is 6.06. The molecule has 0 spiro atoms. The summed E-state index contributed by atoms with van der Waals surface area (Å²) in [4.78, 5) is 12.2. The second-order valence-corrected chi connectivity index (χ2v) is 6.00. The maximum Gasteiger partial charge on any atom is 0.256 e. The monoisotopic (exact) mass is 399 g/mol. The topological polar surface area (TPSA) is 29.1 Å². The van der Waals surface area contributed by atoms with Crippen molar-refractivity contribution in [1.82, 2.24) is 0 Å². The van der Waals surface area contributed by atoms with Gasteiger partial charge in [0.05, 0.1) is 5.56 Å². The normalized spacial score (nSPS) is 10.4. The van der Waals surface area contributed by atoms with E-state index in [0.29, 0.717) is 4.47 Å². The van der Waals surface area contributed by atoms with Crippen molar-refractivity contribution in [1.29, 1.82) is 0 Å². The average Bonchev–Trinajstić information content (AvgIpc) is 2.43. The predicted octanol–water partition coefficient (Wildman–Crippen LogP) is 5.17. The average molecular weight is 401 g/mol. The van der Waals surface area contributed by atoms with Crippen molar-refractivity contribution in [3.05, 3.63) is 62.3 Å². The first-order valence-corrected chi connectivity index (χ1v) is 7.64. The van der Waals surface area contributed by atoms with E-state index in [1.165, 1.54) is 18.2 Å². The number of hydrogen-bond donors (Lipinski definition) is 1. The van der Waals surface area contributed by atoms with Crippen LogP contribution in [0.5, 0.6) is 0 Å². The maximum absolute atomic E-state index is 13.2. The highest BCUT2D eigenvalue weighted by Crippen LogP contribution is 2.24. The molecule has 0 aliphatic rings. The van der Waals surface area contributed by atoms with Crippen LogP contribution in [0.3, 0.4) is 0 Å². The Balaban J connectivity index is 2.30. The highest BCUT2D eigenvalue weighted by atomic mass is 79.9. The summed E-state index contributed by atoms with van der Waals surface area (Å²) in [5.74, 6) is -0.779. The minimum Gasteiger partial charge on any atom is -0.322 e. The van der Waals surface area contributed by atoms with Gasteiger partial charge >= 0.3 is 0 Å². The second-order valence-electron chi connectivity index (χ2n) is 4.23. The van der Waals surface area contributed by atoms with Gasteiger partial charge in [-0.15, -0.1) is 0 Å². The molecule has 5 heteroatoms. The van der Waals surface area contributed by atoms with Crippen molar-refractivity contribution in [2.45, 2.75) is 13.3 Å². The summed E-state index contributed by atoms with van der Waals surface area (Å²) >= 11 is 6.66. The third-order valence-corrected chi connectivity index (χ3v) is 4.05. The van der Waals surface area contributed by atoms with E-state index < -0.39 is 5.82 Å². The lowest BCUT2D eigenvalue weighted by molar-refractivity contribution is 0.102. The SMILES string of the molecule is CCc1cc(Br)ccc1NC(=O)c1cc(F)ccc1Br. The van der Waals surface area contributed by atoms with Crippen LogP contribution < -0.4 is 5.32 Å². The Morgan fingerprint density at radius 3 is 2.65 bits per heavy atom. The van der Waals surface area contributed by atoms with Crippen LogP contribution in [0.1, 0.15) is 22.8 Å². The number of benzene rings is 2. The first-order chi connectivity index (χ1) is 9.51. The minimum absolute atomic E-state index is 0.273. The molecule has 0 bridgehead atoms. The number of rotatable bonds is 3. The van der Waals surface area contributed by atoms with Crippen molar-refractivity contribution in [2.75, 3.05) is 5.32 Å². The van der Waals surface area contributed by atoms with E-state index in [2.05, 4.69) is 37.2 Å². The molecule has 1 amide bonds. The number of aryl methyl sites for hydroxylation is 1. The zero-order valence-electron chi connectivity index (χ0n) is 10.7. The van der Waals surface area contributed by atoms with Crippen LogP contribution in [0.15, 0.2) is 45.3 Å². The zero-order valence-corrected chi connectivity index (χ0v) is 13.9. The molecule has 104 valence electrons. The Hall–Kier alpha value is -1.20. The van der Waals surface area contributed by atoms with Crippen LogP contribution in [0.2, 0.25) is 0 Å². The number of carbonyl (C=O) groups excluding carboxylic acids is 1. The van der Waals surface area contributed by atoms with Crippen molar-refractivity contribution >= 4 is 43.5 Å². The highest BCUT2D eigenvalue weighted by molar-refractivity contribution is 9.10. The second kappa shape index (κ2) is 6.50. The fourth-order valence-electron chi connectivity index (χ4n) is 1.84. The lowest BCUT2D eigenvalue weighted by atomic mass is 10.1. The van der Waals surface area contributed by atoms with E-state index >= 15 is 0 Å². The van der Waals surface area contributed by atoms with E-state index in [1.807, 2.05) is 25.1 Å². The smallest absolute Gasteiger partial charge is 0.256 e. The summed E-state index contributed by atoms with van der Waals surface area (Å²) in [6, 6.07) is 9.67. The van der Waals surface area contributed by atoms with Crippen LogP contribution in [0.4, 0.5) is 10.1 Å². The van der Waals surface area contributed by atoms with Gasteiger partial charge in [-0.2, -0.15) is 0 Å². The summed E-state index contributed by atoms with van der Waals surface area (Å²) in [5.41, 5.74) is 2.02. The molecular formula is C15H12Br2FNO. The van der Waals surface area contributed by atoms with Crippen LogP contribution in [0, 0.1) is 5.82 Å². The predicted molar refractivity (Wildman–Crippen MR) is 85.6 cm³/mol. The van der Waals surface area contributed by atoms with Crippen LogP contribution in [0.25, 0.3) is 0 Å². The number of carbonyl (C=O) groups is 1. The third-order valence-electron chi connectivity index (χ3n) is 2.87. The Morgan fingerprint density at radius 2 is 1.95 bits per heavy atom. The lowest BCUT2D eigenvalue weighted by Gasteiger charge is -2.11. The molecule has 0 heterocycles. The van der Waals surface area contributed by atoms with Crippen molar-refractivity contribution in [3.63, 3.8) is 0 Å². The van der Waals surface area contributed by atoms with Crippen LogP contribution >= 0.6 is 31.9 Å². The van der Waals surface area contributed by atoms with Crippen molar-refractivity contribution in [2.24, 2.45) is 0 Å². The summed E-state index contributed by atoms with van der Waals surface area (Å²) in [6.07, 6.45) is 0.791. The zero-order chi connectivity index (χ0) is 14.7. The summed E-state index contributed by atoms with van der Waals surface area (Å²) < 4.78 is 14.8. The third kappa shape index (κ3) is 3.46. The molecule has 0 unspecified atom stereocenters. The Kier molecular flexibility index (Phi) is 4.94. The number of halogens is 3. The Labute approximate surface area is 133 Å². The largest absolute Gasteiger partial charge is 0.322 e. The van der Waals surface area contributed by atoms with E-state index in [0.717, 1.165) is 22.1 Å².